The lowest BCUT2D eigenvalue weighted by atomic mass is 9.83. The van der Waals surface area contributed by atoms with Crippen molar-refractivity contribution in [3.63, 3.8) is 0 Å². The number of nitrogens with zero attached hydrogens (tertiary/aromatic N) is 1. The molecule has 1 aliphatic heterocycles. The van der Waals surface area contributed by atoms with Gasteiger partial charge in [-0.05, 0) is 48.2 Å². The molecule has 2 N–H and O–H groups in total. The standard InChI is InChI=1S/C29H29ClF4N2O2/c30-24-11-9-20(10-12-24)19-35-25(27(37)21-5-2-1-3-6-21)18-26(31)36-15-13-28(38,14-16-36)22-7-4-8-23(17-22)29(32,33)34/h1-12,17,25-26,35,38H,13-16,18-19H2. The second-order valence-corrected chi connectivity index (χ2v) is 10.0. The average molecular weight is 549 g/mol. The Morgan fingerprint density at radius 1 is 1.00 bits per heavy atom. The number of hydrogen-bond donors (Lipinski definition) is 2. The van der Waals surface area contributed by atoms with E-state index in [4.69, 9.17) is 11.6 Å². The molecule has 0 aliphatic carbocycles. The van der Waals surface area contributed by atoms with E-state index in [0.29, 0.717) is 17.1 Å². The average Bonchev–Trinajstić information content (AvgIpc) is 2.92. The maximum atomic E-state index is 15.6. The number of aliphatic hydroxyl groups is 1. The molecule has 38 heavy (non-hydrogen) atoms. The quantitative estimate of drug-likeness (QED) is 0.185. The molecule has 3 aromatic rings. The van der Waals surface area contributed by atoms with E-state index in [1.807, 2.05) is 12.1 Å². The summed E-state index contributed by atoms with van der Waals surface area (Å²) in [5, 5.41) is 14.8. The van der Waals surface area contributed by atoms with E-state index in [2.05, 4.69) is 5.32 Å². The van der Waals surface area contributed by atoms with Crippen molar-refractivity contribution in [3.05, 3.63) is 106 Å². The first-order chi connectivity index (χ1) is 18.0. The van der Waals surface area contributed by atoms with Crippen molar-refractivity contribution in [2.45, 2.75) is 49.9 Å². The molecule has 1 aliphatic rings. The molecule has 9 heteroatoms. The molecule has 0 radical (unpaired) electrons. The third-order valence-electron chi connectivity index (χ3n) is 7.02. The van der Waals surface area contributed by atoms with Gasteiger partial charge in [-0.3, -0.25) is 9.69 Å². The minimum Gasteiger partial charge on any atom is -0.385 e. The summed E-state index contributed by atoms with van der Waals surface area (Å²) in [6.07, 6.45) is -5.98. The van der Waals surface area contributed by atoms with Crippen molar-refractivity contribution >= 4 is 17.4 Å². The Morgan fingerprint density at radius 2 is 1.66 bits per heavy atom. The van der Waals surface area contributed by atoms with Crippen LogP contribution in [0.25, 0.3) is 0 Å². The zero-order valence-electron chi connectivity index (χ0n) is 20.6. The summed E-state index contributed by atoms with van der Waals surface area (Å²) in [4.78, 5) is 14.8. The minimum atomic E-state index is -4.52. The zero-order valence-corrected chi connectivity index (χ0v) is 21.4. The number of carbonyl (C=O) groups is 1. The largest absolute Gasteiger partial charge is 0.416 e. The lowest BCUT2D eigenvalue weighted by Crippen LogP contribution is -2.48. The van der Waals surface area contributed by atoms with Crippen LogP contribution in [0.4, 0.5) is 17.6 Å². The number of Topliss-reactive ketones (excluding diaryl/α,β-unsaturated/α-hetero) is 1. The summed E-state index contributed by atoms with van der Waals surface area (Å²) in [5.74, 6) is -0.236. The van der Waals surface area contributed by atoms with Crippen molar-refractivity contribution < 1.29 is 27.5 Å². The molecule has 202 valence electrons. The highest BCUT2D eigenvalue weighted by atomic mass is 35.5. The Bertz CT molecular complexity index is 1210. The van der Waals surface area contributed by atoms with Crippen LogP contribution in [0.5, 0.6) is 0 Å². The summed E-state index contributed by atoms with van der Waals surface area (Å²) in [7, 11) is 0. The van der Waals surface area contributed by atoms with Crippen molar-refractivity contribution in [1.29, 1.82) is 0 Å². The van der Waals surface area contributed by atoms with E-state index < -0.39 is 29.7 Å². The molecule has 0 bridgehead atoms. The van der Waals surface area contributed by atoms with Gasteiger partial charge in [0.1, 0.15) is 0 Å². The van der Waals surface area contributed by atoms with Gasteiger partial charge in [-0.15, -0.1) is 0 Å². The number of carbonyl (C=O) groups excluding carboxylic acids is 1. The lowest BCUT2D eigenvalue weighted by Gasteiger charge is -2.40. The van der Waals surface area contributed by atoms with E-state index in [9.17, 15) is 23.1 Å². The smallest absolute Gasteiger partial charge is 0.385 e. The fourth-order valence-electron chi connectivity index (χ4n) is 4.72. The SMILES string of the molecule is O=C(c1ccccc1)C(CC(F)N1CCC(O)(c2cccc(C(F)(F)F)c2)CC1)NCc1ccc(Cl)cc1. The van der Waals surface area contributed by atoms with Crippen molar-refractivity contribution in [1.82, 2.24) is 10.2 Å². The van der Waals surface area contributed by atoms with Gasteiger partial charge in [0.25, 0.3) is 0 Å². The fourth-order valence-corrected chi connectivity index (χ4v) is 4.85. The van der Waals surface area contributed by atoms with E-state index in [1.165, 1.54) is 17.0 Å². The summed E-state index contributed by atoms with van der Waals surface area (Å²) in [6.45, 7) is 0.608. The number of nitrogens with one attached hydrogen (secondary N) is 1. The molecule has 0 aromatic heterocycles. The van der Waals surface area contributed by atoms with Crippen LogP contribution in [0.15, 0.2) is 78.9 Å². The topological polar surface area (TPSA) is 52.6 Å². The fraction of sp³-hybridized carbons (Fsp3) is 0.345. The van der Waals surface area contributed by atoms with Gasteiger partial charge in [-0.2, -0.15) is 13.2 Å². The van der Waals surface area contributed by atoms with Gasteiger partial charge in [-0.25, -0.2) is 4.39 Å². The number of halogens is 5. The predicted molar refractivity (Wildman–Crippen MR) is 139 cm³/mol. The number of ketones is 1. The Kier molecular flexibility index (Phi) is 8.88. The van der Waals surface area contributed by atoms with E-state index in [1.54, 1.807) is 42.5 Å². The Balaban J connectivity index is 1.42. The number of alkyl halides is 4. The third-order valence-corrected chi connectivity index (χ3v) is 7.27. The molecule has 4 nitrogen and oxygen atoms in total. The van der Waals surface area contributed by atoms with Crippen LogP contribution in [-0.2, 0) is 18.3 Å². The second-order valence-electron chi connectivity index (χ2n) is 9.61. The third kappa shape index (κ3) is 6.99. The minimum absolute atomic E-state index is 0.0736. The highest BCUT2D eigenvalue weighted by molar-refractivity contribution is 6.30. The van der Waals surface area contributed by atoms with Crippen LogP contribution in [0.1, 0.15) is 46.3 Å². The molecule has 2 atom stereocenters. The number of likely N-dealkylation sites (tertiary alicyclic amines) is 1. The molecule has 0 saturated carbocycles. The highest BCUT2D eigenvalue weighted by Gasteiger charge is 2.39. The predicted octanol–water partition coefficient (Wildman–Crippen LogP) is 6.37. The first-order valence-electron chi connectivity index (χ1n) is 12.4. The van der Waals surface area contributed by atoms with E-state index in [0.717, 1.165) is 17.7 Å². The van der Waals surface area contributed by atoms with Crippen LogP contribution in [0.3, 0.4) is 0 Å². The van der Waals surface area contributed by atoms with E-state index >= 15 is 4.39 Å². The molecular formula is C29H29ClF4N2O2. The van der Waals surface area contributed by atoms with Gasteiger partial charge < -0.3 is 10.4 Å². The van der Waals surface area contributed by atoms with Gasteiger partial charge in [0, 0.05) is 36.6 Å². The van der Waals surface area contributed by atoms with Crippen molar-refractivity contribution in [3.8, 4) is 0 Å². The van der Waals surface area contributed by atoms with Gasteiger partial charge in [-0.1, -0.05) is 66.2 Å². The van der Waals surface area contributed by atoms with Crippen LogP contribution >= 0.6 is 11.6 Å². The van der Waals surface area contributed by atoms with Gasteiger partial charge in [0.15, 0.2) is 12.1 Å². The molecule has 0 spiro atoms. The summed E-state index contributed by atoms with van der Waals surface area (Å²) < 4.78 is 55.0. The number of benzene rings is 3. The van der Waals surface area contributed by atoms with Crippen LogP contribution in [-0.4, -0.2) is 41.2 Å². The zero-order chi connectivity index (χ0) is 27.3. The molecule has 3 aromatic carbocycles. The lowest BCUT2D eigenvalue weighted by molar-refractivity contribution is -0.137. The molecule has 0 amide bonds. The van der Waals surface area contributed by atoms with Gasteiger partial charge >= 0.3 is 6.18 Å². The monoisotopic (exact) mass is 548 g/mol. The Labute approximate surface area is 224 Å². The number of piperidine rings is 1. The maximum absolute atomic E-state index is 15.6. The van der Waals surface area contributed by atoms with Crippen molar-refractivity contribution in [2.75, 3.05) is 13.1 Å². The highest BCUT2D eigenvalue weighted by Crippen LogP contribution is 2.37. The van der Waals surface area contributed by atoms with Gasteiger partial charge in [0.2, 0.25) is 0 Å². The second kappa shape index (κ2) is 11.9. The summed E-state index contributed by atoms with van der Waals surface area (Å²) in [6, 6.07) is 19.6. The Hall–Kier alpha value is -2.78. The molecule has 4 rings (SSSR count). The number of rotatable bonds is 9. The van der Waals surface area contributed by atoms with Crippen LogP contribution in [0, 0.1) is 0 Å². The van der Waals surface area contributed by atoms with Crippen LogP contribution < -0.4 is 5.32 Å². The summed E-state index contributed by atoms with van der Waals surface area (Å²) in [5.41, 5.74) is -0.790. The van der Waals surface area contributed by atoms with Crippen LogP contribution in [0.2, 0.25) is 5.02 Å². The molecule has 2 unspecified atom stereocenters. The molecule has 1 fully saturated rings. The first kappa shape index (κ1) is 28.2. The van der Waals surface area contributed by atoms with E-state index in [-0.39, 0.29) is 43.7 Å². The first-order valence-corrected chi connectivity index (χ1v) is 12.8. The van der Waals surface area contributed by atoms with Crippen molar-refractivity contribution in [2.24, 2.45) is 0 Å². The maximum Gasteiger partial charge on any atom is 0.416 e. The number of hydrogen-bond acceptors (Lipinski definition) is 4. The molecule has 1 saturated heterocycles. The molecule has 1 heterocycles. The van der Waals surface area contributed by atoms with Gasteiger partial charge in [0.05, 0.1) is 17.2 Å². The molecular weight excluding hydrogens is 520 g/mol. The normalized spacial score (nSPS) is 17.6. The Morgan fingerprint density at radius 3 is 2.29 bits per heavy atom. The summed E-state index contributed by atoms with van der Waals surface area (Å²) >= 11 is 5.95.